The zero-order valence-electron chi connectivity index (χ0n) is 26.1. The summed E-state index contributed by atoms with van der Waals surface area (Å²) in [5.74, 6) is -1.01. The molecule has 0 aliphatic carbocycles. The Morgan fingerprint density at radius 1 is 1.07 bits per heavy atom. The summed E-state index contributed by atoms with van der Waals surface area (Å²) in [6.07, 6.45) is 1.27. The quantitative estimate of drug-likeness (QED) is 0.361. The molecule has 2 unspecified atom stereocenters. The lowest BCUT2D eigenvalue weighted by molar-refractivity contribution is -0.135. The third-order valence-corrected chi connectivity index (χ3v) is 7.56. The topological polar surface area (TPSA) is 93.7 Å². The van der Waals surface area contributed by atoms with Crippen LogP contribution in [0.25, 0.3) is 11.3 Å². The summed E-state index contributed by atoms with van der Waals surface area (Å²) in [6, 6.07) is 12.1. The number of aromatic nitrogens is 2. The van der Waals surface area contributed by atoms with E-state index in [4.69, 9.17) is 15.5 Å². The molecule has 0 spiro atoms. The normalized spacial score (nSPS) is 18.0. The number of carbonyl (C=O) groups is 2. The van der Waals surface area contributed by atoms with Crippen molar-refractivity contribution in [3.8, 4) is 11.3 Å². The first-order chi connectivity index (χ1) is 20.0. The van der Waals surface area contributed by atoms with E-state index in [0.29, 0.717) is 25.5 Å². The van der Waals surface area contributed by atoms with Crippen LogP contribution < -0.4 is 5.73 Å². The molecule has 0 bridgehead atoms. The van der Waals surface area contributed by atoms with Crippen LogP contribution in [-0.2, 0) is 16.1 Å². The highest BCUT2D eigenvalue weighted by Gasteiger charge is 2.42. The molecule has 43 heavy (non-hydrogen) atoms. The minimum Gasteiger partial charge on any atom is -0.444 e. The Labute approximate surface area is 252 Å². The van der Waals surface area contributed by atoms with E-state index in [0.717, 1.165) is 23.8 Å². The van der Waals surface area contributed by atoms with Gasteiger partial charge in [-0.3, -0.25) is 4.79 Å². The Kier molecular flexibility index (Phi) is 9.30. The molecule has 1 fully saturated rings. The summed E-state index contributed by atoms with van der Waals surface area (Å²) in [5, 5.41) is 0. The number of rotatable bonds is 7. The predicted molar refractivity (Wildman–Crippen MR) is 162 cm³/mol. The van der Waals surface area contributed by atoms with Crippen molar-refractivity contribution in [2.75, 3.05) is 19.6 Å². The van der Waals surface area contributed by atoms with Crippen molar-refractivity contribution in [1.29, 1.82) is 0 Å². The van der Waals surface area contributed by atoms with Crippen LogP contribution in [0.3, 0.4) is 0 Å². The number of nitrogens with zero attached hydrogens (tertiary/aromatic N) is 4. The number of carbonyl (C=O) groups excluding carboxylic acids is 2. The van der Waals surface area contributed by atoms with Crippen molar-refractivity contribution in [2.45, 2.75) is 72.7 Å². The van der Waals surface area contributed by atoms with Crippen LogP contribution in [0.4, 0.5) is 13.6 Å². The molecule has 3 atom stereocenters. The van der Waals surface area contributed by atoms with Gasteiger partial charge < -0.3 is 24.8 Å². The van der Waals surface area contributed by atoms with Crippen LogP contribution in [0.15, 0.2) is 54.7 Å². The van der Waals surface area contributed by atoms with Gasteiger partial charge in [-0.25, -0.2) is 18.6 Å². The van der Waals surface area contributed by atoms with Crippen molar-refractivity contribution in [3.05, 3.63) is 77.8 Å². The van der Waals surface area contributed by atoms with Gasteiger partial charge in [0.2, 0.25) is 5.91 Å². The molecular formula is C33H43F2N5O3. The molecule has 2 aromatic carbocycles. The van der Waals surface area contributed by atoms with Gasteiger partial charge in [-0.15, -0.1) is 0 Å². The highest BCUT2D eigenvalue weighted by molar-refractivity contribution is 5.74. The first-order valence-corrected chi connectivity index (χ1v) is 14.6. The van der Waals surface area contributed by atoms with Crippen molar-refractivity contribution in [2.24, 2.45) is 17.1 Å². The van der Waals surface area contributed by atoms with Gasteiger partial charge in [0.1, 0.15) is 23.1 Å². The van der Waals surface area contributed by atoms with Crippen LogP contribution in [-0.4, -0.2) is 62.6 Å². The summed E-state index contributed by atoms with van der Waals surface area (Å²) in [4.78, 5) is 34.4. The van der Waals surface area contributed by atoms with Gasteiger partial charge in [0.05, 0.1) is 11.7 Å². The molecule has 1 saturated heterocycles. The van der Waals surface area contributed by atoms with Crippen LogP contribution >= 0.6 is 0 Å². The molecule has 2 heterocycles. The number of benzene rings is 2. The lowest BCUT2D eigenvalue weighted by Gasteiger charge is -2.41. The van der Waals surface area contributed by atoms with Crippen molar-refractivity contribution < 1.29 is 23.1 Å². The standard InChI is InChI=1S/C33H43F2N5O3/c1-21(41)40(18-23-17-39(19-27(23)36)31(42)43-33(5,6)7)29(32(2,3)4)30-37-28(25-15-24(34)13-14-26(25)35)20-38(30)16-22-11-9-8-10-12-22/h8-15,20,23,27,29H,16-19,36H2,1-7H3/t23?,27?,29-/m0/s1. The number of hydrogen-bond acceptors (Lipinski definition) is 5. The first-order valence-electron chi connectivity index (χ1n) is 14.6. The number of nitrogens with two attached hydrogens (primary N) is 1. The number of amides is 2. The molecule has 232 valence electrons. The first kappa shape index (κ1) is 32.1. The van der Waals surface area contributed by atoms with E-state index in [9.17, 15) is 18.4 Å². The number of halogens is 2. The van der Waals surface area contributed by atoms with Crippen LogP contribution in [0.1, 0.15) is 65.9 Å². The average Bonchev–Trinajstić information content (AvgIpc) is 3.47. The zero-order chi connectivity index (χ0) is 31.7. The third kappa shape index (κ3) is 7.79. The Morgan fingerprint density at radius 2 is 1.74 bits per heavy atom. The highest BCUT2D eigenvalue weighted by Crippen LogP contribution is 2.40. The van der Waals surface area contributed by atoms with E-state index in [1.165, 1.54) is 6.92 Å². The minimum absolute atomic E-state index is 0.0425. The number of imidazole rings is 1. The number of likely N-dealkylation sites (tertiary alicyclic amines) is 1. The van der Waals surface area contributed by atoms with Crippen LogP contribution in [0.2, 0.25) is 0 Å². The van der Waals surface area contributed by atoms with Crippen molar-refractivity contribution in [3.63, 3.8) is 0 Å². The van der Waals surface area contributed by atoms with Gasteiger partial charge >= 0.3 is 6.09 Å². The maximum atomic E-state index is 14.9. The van der Waals surface area contributed by atoms with E-state index >= 15 is 0 Å². The molecular weight excluding hydrogens is 552 g/mol. The van der Waals surface area contributed by atoms with E-state index in [1.807, 2.05) is 76.4 Å². The lowest BCUT2D eigenvalue weighted by atomic mass is 9.84. The number of hydrogen-bond donors (Lipinski definition) is 1. The second-order valence-corrected chi connectivity index (χ2v) is 13.5. The molecule has 8 nitrogen and oxygen atoms in total. The lowest BCUT2D eigenvalue weighted by Crippen LogP contribution is -2.46. The largest absolute Gasteiger partial charge is 0.444 e. The molecule has 0 radical (unpaired) electrons. The summed E-state index contributed by atoms with van der Waals surface area (Å²) >= 11 is 0. The summed E-state index contributed by atoms with van der Waals surface area (Å²) in [5.41, 5.74) is 6.67. The van der Waals surface area contributed by atoms with Gasteiger partial charge in [0, 0.05) is 56.8 Å². The highest BCUT2D eigenvalue weighted by atomic mass is 19.1. The molecule has 3 aromatic rings. The molecule has 4 rings (SSSR count). The molecule has 10 heteroatoms. The molecule has 1 aromatic heterocycles. The minimum atomic E-state index is -0.642. The second kappa shape index (κ2) is 12.4. The van der Waals surface area contributed by atoms with Crippen molar-refractivity contribution in [1.82, 2.24) is 19.4 Å². The van der Waals surface area contributed by atoms with Gasteiger partial charge in [-0.1, -0.05) is 51.1 Å². The Hall–Kier alpha value is -3.79. The van der Waals surface area contributed by atoms with E-state index < -0.39 is 34.8 Å². The maximum Gasteiger partial charge on any atom is 0.410 e. The Balaban J connectivity index is 1.75. The van der Waals surface area contributed by atoms with Crippen molar-refractivity contribution >= 4 is 12.0 Å². The average molecular weight is 596 g/mol. The third-order valence-electron chi connectivity index (χ3n) is 7.56. The predicted octanol–water partition coefficient (Wildman–Crippen LogP) is 6.01. The van der Waals surface area contributed by atoms with Gasteiger partial charge in [-0.2, -0.15) is 0 Å². The monoisotopic (exact) mass is 595 g/mol. The molecule has 1 aliphatic rings. The smallest absolute Gasteiger partial charge is 0.410 e. The second-order valence-electron chi connectivity index (χ2n) is 13.5. The molecule has 2 amide bonds. The van der Waals surface area contributed by atoms with E-state index in [1.54, 1.807) is 16.0 Å². The Morgan fingerprint density at radius 3 is 2.35 bits per heavy atom. The van der Waals surface area contributed by atoms with Crippen LogP contribution in [0.5, 0.6) is 0 Å². The zero-order valence-corrected chi connectivity index (χ0v) is 26.1. The Bertz CT molecular complexity index is 1440. The van der Waals surface area contributed by atoms with Gasteiger partial charge in [0.25, 0.3) is 0 Å². The SMILES string of the molecule is CC(=O)N(CC1CN(C(=O)OC(C)(C)C)CC1N)[C@@H](c1nc(-c2cc(F)ccc2F)cn1Cc1ccccc1)C(C)(C)C. The fourth-order valence-corrected chi connectivity index (χ4v) is 5.61. The fraction of sp³-hybridized carbons (Fsp3) is 0.485. The van der Waals surface area contributed by atoms with Gasteiger partial charge in [-0.05, 0) is 49.9 Å². The summed E-state index contributed by atoms with van der Waals surface area (Å²) in [6.45, 7) is 14.3. The fourth-order valence-electron chi connectivity index (χ4n) is 5.61. The molecule has 1 aliphatic heterocycles. The molecule has 2 N–H and O–H groups in total. The van der Waals surface area contributed by atoms with Gasteiger partial charge in [0.15, 0.2) is 0 Å². The summed E-state index contributed by atoms with van der Waals surface area (Å²) in [7, 11) is 0. The summed E-state index contributed by atoms with van der Waals surface area (Å²) < 4.78 is 36.6. The van der Waals surface area contributed by atoms with E-state index in [-0.39, 0.29) is 35.7 Å². The maximum absolute atomic E-state index is 14.9. The number of ether oxygens (including phenoxy) is 1. The molecule has 0 saturated carbocycles. The van der Waals surface area contributed by atoms with Crippen LogP contribution in [0, 0.1) is 23.0 Å². The van der Waals surface area contributed by atoms with E-state index in [2.05, 4.69) is 0 Å².